The number of allylic oxidation sites excluding steroid dienone is 1. The molecule has 0 spiro atoms. The second-order valence-corrected chi connectivity index (χ2v) is 10.6. The standard InChI is InChI=1S/C20H29N3O4S2/c1-16(20(24)21-10-9-17-5-3-2-4-6-17)28-19-8-7-18(15-22-19)29(25,26)23-11-13-27-14-12-23/h5,7-8,15-16H,2-4,6,9-14H2,1H3,(H,21,24). The Bertz CT molecular complexity index is 819. The van der Waals surface area contributed by atoms with Crippen molar-refractivity contribution in [1.29, 1.82) is 0 Å². The summed E-state index contributed by atoms with van der Waals surface area (Å²) in [5, 5.41) is 3.31. The van der Waals surface area contributed by atoms with E-state index in [1.54, 1.807) is 12.1 Å². The molecule has 1 aromatic rings. The maximum Gasteiger partial charge on any atom is 0.244 e. The molecule has 2 heterocycles. The van der Waals surface area contributed by atoms with Gasteiger partial charge < -0.3 is 10.1 Å². The fourth-order valence-corrected chi connectivity index (χ4v) is 5.55. The molecular weight excluding hydrogens is 410 g/mol. The summed E-state index contributed by atoms with van der Waals surface area (Å²) in [5.41, 5.74) is 1.44. The molecule has 1 aromatic heterocycles. The van der Waals surface area contributed by atoms with Gasteiger partial charge in [0.25, 0.3) is 0 Å². The van der Waals surface area contributed by atoms with Crippen LogP contribution in [0.5, 0.6) is 0 Å². The smallest absolute Gasteiger partial charge is 0.244 e. The van der Waals surface area contributed by atoms with E-state index in [2.05, 4.69) is 16.4 Å². The van der Waals surface area contributed by atoms with Crippen LogP contribution >= 0.6 is 11.8 Å². The van der Waals surface area contributed by atoms with E-state index in [1.165, 1.54) is 40.7 Å². The molecule has 1 aliphatic heterocycles. The fourth-order valence-electron chi connectivity index (χ4n) is 3.38. The highest BCUT2D eigenvalue weighted by Crippen LogP contribution is 2.24. The molecule has 0 aromatic carbocycles. The lowest BCUT2D eigenvalue weighted by Gasteiger charge is -2.25. The number of hydrogen-bond donors (Lipinski definition) is 1. The number of amides is 1. The summed E-state index contributed by atoms with van der Waals surface area (Å²) >= 11 is 1.33. The SMILES string of the molecule is CC(Sc1ccc(S(=O)(=O)N2CCOCC2)cn1)C(=O)NCCC1=CCCCC1. The highest BCUT2D eigenvalue weighted by molar-refractivity contribution is 8.00. The first kappa shape index (κ1) is 22.3. The van der Waals surface area contributed by atoms with Gasteiger partial charge in [-0.25, -0.2) is 13.4 Å². The normalized spacial score (nSPS) is 19.4. The number of pyridine rings is 1. The minimum Gasteiger partial charge on any atom is -0.379 e. The van der Waals surface area contributed by atoms with Crippen molar-refractivity contribution in [3.8, 4) is 0 Å². The van der Waals surface area contributed by atoms with Gasteiger partial charge in [-0.2, -0.15) is 4.31 Å². The van der Waals surface area contributed by atoms with Crippen molar-refractivity contribution in [2.45, 2.75) is 54.2 Å². The van der Waals surface area contributed by atoms with Gasteiger partial charge >= 0.3 is 0 Å². The van der Waals surface area contributed by atoms with Crippen LogP contribution in [0.3, 0.4) is 0 Å². The van der Waals surface area contributed by atoms with Crippen LogP contribution in [-0.4, -0.2) is 61.7 Å². The zero-order valence-corrected chi connectivity index (χ0v) is 18.4. The number of ether oxygens (including phenoxy) is 1. The van der Waals surface area contributed by atoms with Gasteiger partial charge in [-0.15, -0.1) is 0 Å². The van der Waals surface area contributed by atoms with Crippen molar-refractivity contribution >= 4 is 27.7 Å². The summed E-state index contributed by atoms with van der Waals surface area (Å²) in [6.45, 7) is 4.01. The number of morpholine rings is 1. The Balaban J connectivity index is 1.49. The van der Waals surface area contributed by atoms with Crippen molar-refractivity contribution < 1.29 is 17.9 Å². The Labute approximate surface area is 177 Å². The van der Waals surface area contributed by atoms with E-state index in [-0.39, 0.29) is 16.1 Å². The van der Waals surface area contributed by atoms with Crippen molar-refractivity contribution in [3.63, 3.8) is 0 Å². The molecule has 1 fully saturated rings. The van der Waals surface area contributed by atoms with Crippen LogP contribution < -0.4 is 5.32 Å². The first-order valence-electron chi connectivity index (χ1n) is 10.1. The molecule has 2 aliphatic rings. The summed E-state index contributed by atoms with van der Waals surface area (Å²) < 4.78 is 31.9. The second kappa shape index (κ2) is 10.6. The second-order valence-electron chi connectivity index (χ2n) is 7.26. The molecule has 0 bridgehead atoms. The third kappa shape index (κ3) is 6.28. The first-order chi connectivity index (χ1) is 14.0. The number of rotatable bonds is 8. The number of hydrogen-bond acceptors (Lipinski definition) is 6. The zero-order valence-electron chi connectivity index (χ0n) is 16.8. The molecule has 7 nitrogen and oxygen atoms in total. The number of carbonyl (C=O) groups is 1. The third-order valence-electron chi connectivity index (χ3n) is 5.11. The van der Waals surface area contributed by atoms with Gasteiger partial charge in [-0.05, 0) is 51.2 Å². The lowest BCUT2D eigenvalue weighted by atomic mass is 9.97. The molecule has 1 N–H and O–H groups in total. The maximum atomic E-state index is 12.6. The molecule has 160 valence electrons. The molecule has 3 rings (SSSR count). The lowest BCUT2D eigenvalue weighted by Crippen LogP contribution is -2.40. The highest BCUT2D eigenvalue weighted by Gasteiger charge is 2.26. The van der Waals surface area contributed by atoms with Crippen molar-refractivity contribution in [2.75, 3.05) is 32.8 Å². The topological polar surface area (TPSA) is 88.6 Å². The van der Waals surface area contributed by atoms with Crippen molar-refractivity contribution in [2.24, 2.45) is 0 Å². The van der Waals surface area contributed by atoms with Gasteiger partial charge in [0.15, 0.2) is 0 Å². The molecule has 29 heavy (non-hydrogen) atoms. The van der Waals surface area contributed by atoms with Crippen molar-refractivity contribution in [1.82, 2.24) is 14.6 Å². The predicted molar refractivity (Wildman–Crippen MR) is 113 cm³/mol. The van der Waals surface area contributed by atoms with E-state index in [9.17, 15) is 13.2 Å². The van der Waals surface area contributed by atoms with Crippen LogP contribution in [-0.2, 0) is 19.6 Å². The fraction of sp³-hybridized carbons (Fsp3) is 0.600. The summed E-state index contributed by atoms with van der Waals surface area (Å²) in [6.07, 6.45) is 9.38. The first-order valence-corrected chi connectivity index (χ1v) is 12.4. The van der Waals surface area contributed by atoms with Crippen LogP contribution in [0.25, 0.3) is 0 Å². The van der Waals surface area contributed by atoms with E-state index < -0.39 is 10.0 Å². The summed E-state index contributed by atoms with van der Waals surface area (Å²) in [6, 6.07) is 3.22. The third-order valence-corrected chi connectivity index (χ3v) is 8.05. The van der Waals surface area contributed by atoms with Gasteiger partial charge in [-0.3, -0.25) is 4.79 Å². The predicted octanol–water partition coefficient (Wildman–Crippen LogP) is 2.59. The van der Waals surface area contributed by atoms with Crippen LogP contribution in [0.4, 0.5) is 0 Å². The van der Waals surface area contributed by atoms with Gasteiger partial charge in [0, 0.05) is 25.8 Å². The van der Waals surface area contributed by atoms with Gasteiger partial charge in [-0.1, -0.05) is 23.4 Å². The largest absolute Gasteiger partial charge is 0.379 e. The van der Waals surface area contributed by atoms with Crippen LogP contribution in [0.1, 0.15) is 39.0 Å². The van der Waals surface area contributed by atoms with E-state index in [1.807, 2.05) is 6.92 Å². The van der Waals surface area contributed by atoms with E-state index >= 15 is 0 Å². The Morgan fingerprint density at radius 1 is 1.31 bits per heavy atom. The molecule has 0 radical (unpaired) electrons. The average molecular weight is 440 g/mol. The minimum absolute atomic E-state index is 0.0294. The van der Waals surface area contributed by atoms with Gasteiger partial charge in [0.1, 0.15) is 4.90 Å². The minimum atomic E-state index is -3.55. The summed E-state index contributed by atoms with van der Waals surface area (Å²) in [4.78, 5) is 16.7. The Kier molecular flexibility index (Phi) is 8.11. The van der Waals surface area contributed by atoms with Crippen LogP contribution in [0, 0.1) is 0 Å². The Hall–Kier alpha value is -1.42. The van der Waals surface area contributed by atoms with Crippen LogP contribution in [0.2, 0.25) is 0 Å². The molecule has 0 saturated carbocycles. The summed E-state index contributed by atoms with van der Waals surface area (Å²) in [7, 11) is -3.55. The molecule has 1 aliphatic carbocycles. The Morgan fingerprint density at radius 2 is 2.10 bits per heavy atom. The molecule has 1 saturated heterocycles. The van der Waals surface area contributed by atoms with E-state index in [4.69, 9.17) is 4.74 Å². The molecule has 9 heteroatoms. The summed E-state index contributed by atoms with van der Waals surface area (Å²) in [5.74, 6) is -0.0294. The Morgan fingerprint density at radius 3 is 2.76 bits per heavy atom. The molecule has 1 atom stereocenters. The molecule has 1 amide bonds. The van der Waals surface area contributed by atoms with Crippen LogP contribution in [0.15, 0.2) is 39.9 Å². The lowest BCUT2D eigenvalue weighted by molar-refractivity contribution is -0.120. The monoisotopic (exact) mass is 439 g/mol. The molecule has 1 unspecified atom stereocenters. The number of sulfonamides is 1. The zero-order chi connectivity index (χ0) is 20.7. The van der Waals surface area contributed by atoms with E-state index in [0.29, 0.717) is 37.9 Å². The number of thioether (sulfide) groups is 1. The van der Waals surface area contributed by atoms with E-state index in [0.717, 1.165) is 19.3 Å². The van der Waals surface area contributed by atoms with Gasteiger partial charge in [0.05, 0.1) is 23.5 Å². The number of nitrogens with one attached hydrogen (secondary N) is 1. The highest BCUT2D eigenvalue weighted by atomic mass is 32.2. The van der Waals surface area contributed by atoms with Crippen molar-refractivity contribution in [3.05, 3.63) is 30.0 Å². The maximum absolute atomic E-state index is 12.6. The number of aromatic nitrogens is 1. The molecular formula is C20H29N3O4S2. The number of nitrogens with zero attached hydrogens (tertiary/aromatic N) is 2. The average Bonchev–Trinajstić information content (AvgIpc) is 2.75. The van der Waals surface area contributed by atoms with Gasteiger partial charge in [0.2, 0.25) is 15.9 Å². The quantitative estimate of drug-likeness (QED) is 0.495. The number of carbonyl (C=O) groups excluding carboxylic acids is 1.